The Bertz CT molecular complexity index is 545. The topological polar surface area (TPSA) is 49.5 Å². The first-order valence-electron chi connectivity index (χ1n) is 8.19. The van der Waals surface area contributed by atoms with Gasteiger partial charge in [-0.3, -0.25) is 0 Å². The first kappa shape index (κ1) is 16.6. The van der Waals surface area contributed by atoms with Gasteiger partial charge in [0.1, 0.15) is 0 Å². The molecule has 3 nitrogen and oxygen atoms in total. The van der Waals surface area contributed by atoms with Crippen LogP contribution in [-0.4, -0.2) is 30.3 Å². The third-order valence-electron chi connectivity index (χ3n) is 4.85. The van der Waals surface area contributed by atoms with Crippen LogP contribution in [0.1, 0.15) is 31.2 Å². The number of rotatable bonds is 4. The summed E-state index contributed by atoms with van der Waals surface area (Å²) in [4.78, 5) is 1.92. The Kier molecular flexibility index (Phi) is 4.56. The molecule has 1 heterocycles. The van der Waals surface area contributed by atoms with Gasteiger partial charge < -0.3 is 15.7 Å². The molecule has 0 spiro atoms. The monoisotopic (exact) mass is 328 g/mol. The summed E-state index contributed by atoms with van der Waals surface area (Å²) in [6.07, 6.45) is -0.967. The molecule has 2 fully saturated rings. The van der Waals surface area contributed by atoms with Crippen molar-refractivity contribution < 1.29 is 18.3 Å². The summed E-state index contributed by atoms with van der Waals surface area (Å²) in [5.41, 5.74) is 6.02. The summed E-state index contributed by atoms with van der Waals surface area (Å²) in [5, 5.41) is 10.1. The van der Waals surface area contributed by atoms with Crippen molar-refractivity contribution in [1.82, 2.24) is 0 Å². The van der Waals surface area contributed by atoms with Crippen LogP contribution in [0.2, 0.25) is 0 Å². The highest BCUT2D eigenvalue weighted by Gasteiger charge is 2.35. The lowest BCUT2D eigenvalue weighted by atomic mass is 9.88. The maximum absolute atomic E-state index is 12.9. The number of nitrogens with zero attached hydrogens (tertiary/aromatic N) is 1. The van der Waals surface area contributed by atoms with Gasteiger partial charge in [0.25, 0.3) is 0 Å². The average Bonchev–Trinajstić information content (AvgIpc) is 3.30. The fourth-order valence-electron chi connectivity index (χ4n) is 3.52. The highest BCUT2D eigenvalue weighted by atomic mass is 19.4. The molecule has 3 unspecified atom stereocenters. The van der Waals surface area contributed by atoms with E-state index in [2.05, 4.69) is 0 Å². The molecule has 23 heavy (non-hydrogen) atoms. The number of aliphatic hydroxyl groups is 1. The van der Waals surface area contributed by atoms with Crippen molar-refractivity contribution in [2.45, 2.75) is 44.0 Å². The van der Waals surface area contributed by atoms with E-state index >= 15 is 0 Å². The van der Waals surface area contributed by atoms with Crippen LogP contribution in [0.25, 0.3) is 0 Å². The van der Waals surface area contributed by atoms with Gasteiger partial charge in [-0.25, -0.2) is 0 Å². The highest BCUT2D eigenvalue weighted by Crippen LogP contribution is 2.37. The lowest BCUT2D eigenvalue weighted by Gasteiger charge is -2.38. The van der Waals surface area contributed by atoms with Crippen LogP contribution in [0.15, 0.2) is 24.3 Å². The summed E-state index contributed by atoms with van der Waals surface area (Å²) >= 11 is 0. The number of benzene rings is 1. The smallest absolute Gasteiger partial charge is 0.393 e. The second kappa shape index (κ2) is 6.32. The van der Waals surface area contributed by atoms with Gasteiger partial charge in [-0.2, -0.15) is 13.2 Å². The normalized spacial score (nSPS) is 27.1. The standard InChI is InChI=1S/C17H23F3N2O/c18-17(19,20)13-2-1-3-15(8-13)22-9-11(6-14(21)10-22)7-16(23)12-4-5-12/h1-3,8,11-12,14,16,23H,4-7,9-10,21H2. The molecule has 6 heteroatoms. The SMILES string of the molecule is NC1CC(CC(O)C2CC2)CN(c2cccc(C(F)(F)F)c2)C1. The molecule has 0 radical (unpaired) electrons. The number of alkyl halides is 3. The van der Waals surface area contributed by atoms with Crippen LogP contribution in [0, 0.1) is 11.8 Å². The van der Waals surface area contributed by atoms with Crippen molar-refractivity contribution in [1.29, 1.82) is 0 Å². The van der Waals surface area contributed by atoms with Gasteiger partial charge in [-0.15, -0.1) is 0 Å². The molecule has 1 saturated heterocycles. The van der Waals surface area contributed by atoms with Crippen LogP contribution in [-0.2, 0) is 6.18 Å². The Morgan fingerprint density at radius 2 is 2.00 bits per heavy atom. The Hall–Kier alpha value is -1.27. The Balaban J connectivity index is 1.71. The van der Waals surface area contributed by atoms with Crippen molar-refractivity contribution in [3.63, 3.8) is 0 Å². The van der Waals surface area contributed by atoms with Gasteiger partial charge in [-0.05, 0) is 55.7 Å². The zero-order chi connectivity index (χ0) is 16.6. The number of hydrogen-bond donors (Lipinski definition) is 2. The Morgan fingerprint density at radius 3 is 2.65 bits per heavy atom. The second-order valence-corrected chi connectivity index (χ2v) is 6.96. The molecule has 3 rings (SSSR count). The lowest BCUT2D eigenvalue weighted by molar-refractivity contribution is -0.137. The highest BCUT2D eigenvalue weighted by molar-refractivity contribution is 5.50. The molecule has 1 aromatic carbocycles. The third-order valence-corrected chi connectivity index (χ3v) is 4.85. The summed E-state index contributed by atoms with van der Waals surface area (Å²) in [6, 6.07) is 5.33. The zero-order valence-corrected chi connectivity index (χ0v) is 13.0. The van der Waals surface area contributed by atoms with Gasteiger partial charge in [0.2, 0.25) is 0 Å². The van der Waals surface area contributed by atoms with Crippen LogP contribution >= 0.6 is 0 Å². The van der Waals surface area contributed by atoms with Crippen molar-refractivity contribution >= 4 is 5.69 Å². The van der Waals surface area contributed by atoms with Crippen LogP contribution in [0.4, 0.5) is 18.9 Å². The number of halogens is 3. The van der Waals surface area contributed by atoms with Gasteiger partial charge >= 0.3 is 6.18 Å². The minimum absolute atomic E-state index is 0.0744. The van der Waals surface area contributed by atoms with E-state index in [1.54, 1.807) is 6.07 Å². The molecule has 0 amide bonds. The first-order valence-corrected chi connectivity index (χ1v) is 8.19. The molecule has 3 N–H and O–H groups in total. The molecule has 3 atom stereocenters. The summed E-state index contributed by atoms with van der Waals surface area (Å²) < 4.78 is 38.6. The average molecular weight is 328 g/mol. The maximum atomic E-state index is 12.9. The molecule has 0 bridgehead atoms. The minimum Gasteiger partial charge on any atom is -0.393 e. The molecular weight excluding hydrogens is 305 g/mol. The maximum Gasteiger partial charge on any atom is 0.416 e. The number of anilines is 1. The summed E-state index contributed by atoms with van der Waals surface area (Å²) in [7, 11) is 0. The molecular formula is C17H23F3N2O. The van der Waals surface area contributed by atoms with Crippen molar-refractivity contribution in [3.8, 4) is 0 Å². The fraction of sp³-hybridized carbons (Fsp3) is 0.647. The van der Waals surface area contributed by atoms with E-state index in [0.29, 0.717) is 31.1 Å². The van der Waals surface area contributed by atoms with Gasteiger partial charge in [-0.1, -0.05) is 6.07 Å². The van der Waals surface area contributed by atoms with Crippen molar-refractivity contribution in [2.75, 3.05) is 18.0 Å². The molecule has 128 valence electrons. The molecule has 0 aromatic heterocycles. The zero-order valence-electron chi connectivity index (χ0n) is 13.0. The van der Waals surface area contributed by atoms with Crippen LogP contribution in [0.5, 0.6) is 0 Å². The van der Waals surface area contributed by atoms with E-state index in [0.717, 1.165) is 25.3 Å². The number of aliphatic hydroxyl groups excluding tert-OH is 1. The van der Waals surface area contributed by atoms with E-state index in [-0.39, 0.29) is 18.1 Å². The predicted octanol–water partition coefficient (Wildman–Crippen LogP) is 3.02. The van der Waals surface area contributed by atoms with E-state index in [4.69, 9.17) is 5.73 Å². The number of piperidine rings is 1. The number of hydrogen-bond acceptors (Lipinski definition) is 3. The molecule has 1 saturated carbocycles. The van der Waals surface area contributed by atoms with Crippen LogP contribution in [0.3, 0.4) is 0 Å². The summed E-state index contributed by atoms with van der Waals surface area (Å²) in [5.74, 6) is 0.638. The lowest BCUT2D eigenvalue weighted by Crippen LogP contribution is -2.48. The largest absolute Gasteiger partial charge is 0.416 e. The first-order chi connectivity index (χ1) is 10.8. The van der Waals surface area contributed by atoms with Gasteiger partial charge in [0, 0.05) is 24.8 Å². The van der Waals surface area contributed by atoms with E-state index < -0.39 is 11.7 Å². The molecule has 1 aliphatic carbocycles. The Labute approximate surface area is 134 Å². The van der Waals surface area contributed by atoms with E-state index in [1.807, 2.05) is 4.90 Å². The predicted molar refractivity (Wildman–Crippen MR) is 83.1 cm³/mol. The van der Waals surface area contributed by atoms with E-state index in [1.165, 1.54) is 12.1 Å². The van der Waals surface area contributed by atoms with Crippen molar-refractivity contribution in [2.24, 2.45) is 17.6 Å². The van der Waals surface area contributed by atoms with Gasteiger partial charge in [0.15, 0.2) is 0 Å². The third kappa shape index (κ3) is 4.18. The fourth-order valence-corrected chi connectivity index (χ4v) is 3.52. The summed E-state index contributed by atoms with van der Waals surface area (Å²) in [6.45, 7) is 1.20. The van der Waals surface area contributed by atoms with E-state index in [9.17, 15) is 18.3 Å². The Morgan fingerprint density at radius 1 is 1.26 bits per heavy atom. The quantitative estimate of drug-likeness (QED) is 0.893. The molecule has 1 aliphatic heterocycles. The second-order valence-electron chi connectivity index (χ2n) is 6.96. The van der Waals surface area contributed by atoms with Crippen LogP contribution < -0.4 is 10.6 Å². The molecule has 2 aliphatic rings. The minimum atomic E-state index is -4.34. The van der Waals surface area contributed by atoms with Gasteiger partial charge in [0.05, 0.1) is 11.7 Å². The number of nitrogens with two attached hydrogens (primary N) is 1. The molecule has 1 aromatic rings. The van der Waals surface area contributed by atoms with Crippen molar-refractivity contribution in [3.05, 3.63) is 29.8 Å².